The van der Waals surface area contributed by atoms with Crippen molar-refractivity contribution in [2.75, 3.05) is 0 Å². The van der Waals surface area contributed by atoms with E-state index in [9.17, 15) is 4.39 Å². The summed E-state index contributed by atoms with van der Waals surface area (Å²) in [6.45, 7) is 6.00. The van der Waals surface area contributed by atoms with Crippen LogP contribution in [0, 0.1) is 5.82 Å². The van der Waals surface area contributed by atoms with Gasteiger partial charge in [0.2, 0.25) is 5.89 Å². The predicted molar refractivity (Wildman–Crippen MR) is 74.7 cm³/mol. The van der Waals surface area contributed by atoms with Gasteiger partial charge in [0.05, 0.1) is 11.5 Å². The summed E-state index contributed by atoms with van der Waals surface area (Å²) in [7, 11) is 0. The number of rotatable bonds is 5. The molecule has 1 heterocycles. The fourth-order valence-corrected chi connectivity index (χ4v) is 2.07. The van der Waals surface area contributed by atoms with Gasteiger partial charge in [-0.3, -0.25) is 0 Å². The maximum atomic E-state index is 13.0. The summed E-state index contributed by atoms with van der Waals surface area (Å²) in [6.07, 6.45) is 1.76. The van der Waals surface area contributed by atoms with Crippen molar-refractivity contribution in [2.45, 2.75) is 45.1 Å². The lowest BCUT2D eigenvalue weighted by Gasteiger charge is -2.20. The summed E-state index contributed by atoms with van der Waals surface area (Å²) in [6, 6.07) is 6.10. The summed E-state index contributed by atoms with van der Waals surface area (Å²) < 4.78 is 18.3. The fraction of sp³-hybridized carbons (Fsp3) is 0.467. The molecule has 1 aromatic heterocycles. The second-order valence-electron chi connectivity index (χ2n) is 5.48. The van der Waals surface area contributed by atoms with Crippen LogP contribution in [0.1, 0.15) is 56.9 Å². The largest absolute Gasteiger partial charge is 0.338 e. The summed E-state index contributed by atoms with van der Waals surface area (Å²) in [5.41, 5.74) is 6.44. The Morgan fingerprint density at radius 2 is 1.95 bits per heavy atom. The van der Waals surface area contributed by atoms with E-state index in [0.717, 1.165) is 18.4 Å². The Balaban J connectivity index is 2.27. The highest BCUT2D eigenvalue weighted by Gasteiger charge is 2.29. The quantitative estimate of drug-likeness (QED) is 0.910. The zero-order valence-corrected chi connectivity index (χ0v) is 12.1. The molecule has 5 heteroatoms. The molecule has 20 heavy (non-hydrogen) atoms. The van der Waals surface area contributed by atoms with Crippen LogP contribution in [-0.4, -0.2) is 10.1 Å². The molecule has 0 aliphatic carbocycles. The van der Waals surface area contributed by atoms with E-state index in [1.165, 1.54) is 12.1 Å². The van der Waals surface area contributed by atoms with E-state index in [1.54, 1.807) is 12.1 Å². The highest BCUT2D eigenvalue weighted by molar-refractivity contribution is 5.30. The second kappa shape index (κ2) is 5.71. The van der Waals surface area contributed by atoms with Crippen molar-refractivity contribution in [2.24, 2.45) is 5.73 Å². The third kappa shape index (κ3) is 2.88. The molecular weight excluding hydrogens is 257 g/mol. The highest BCUT2D eigenvalue weighted by Crippen LogP contribution is 2.30. The molecule has 2 N–H and O–H groups in total. The Labute approximate surface area is 118 Å². The van der Waals surface area contributed by atoms with Gasteiger partial charge in [-0.15, -0.1) is 0 Å². The molecule has 108 valence electrons. The standard InChI is InChI=1S/C15H20FN3O/c1-4-5-12(17)13-18-14(19-20-13)15(2,3)10-6-8-11(16)9-7-10/h6-9,12H,4-5,17H2,1-3H3. The van der Waals surface area contributed by atoms with Gasteiger partial charge in [-0.1, -0.05) is 30.6 Å². The van der Waals surface area contributed by atoms with Crippen LogP contribution in [-0.2, 0) is 5.41 Å². The van der Waals surface area contributed by atoms with Crippen molar-refractivity contribution in [1.29, 1.82) is 0 Å². The maximum absolute atomic E-state index is 13.0. The van der Waals surface area contributed by atoms with Crippen LogP contribution in [0.5, 0.6) is 0 Å². The van der Waals surface area contributed by atoms with E-state index in [-0.39, 0.29) is 11.9 Å². The predicted octanol–water partition coefficient (Wildman–Crippen LogP) is 3.33. The van der Waals surface area contributed by atoms with Gasteiger partial charge in [0.25, 0.3) is 0 Å². The Morgan fingerprint density at radius 3 is 2.55 bits per heavy atom. The van der Waals surface area contributed by atoms with Crippen LogP contribution in [0.3, 0.4) is 0 Å². The number of halogens is 1. The van der Waals surface area contributed by atoms with Gasteiger partial charge >= 0.3 is 0 Å². The van der Waals surface area contributed by atoms with Gasteiger partial charge in [0.1, 0.15) is 5.82 Å². The van der Waals surface area contributed by atoms with Gasteiger partial charge in [0, 0.05) is 0 Å². The van der Waals surface area contributed by atoms with Crippen molar-refractivity contribution in [1.82, 2.24) is 10.1 Å². The SMILES string of the molecule is CCCC(N)c1nc(C(C)(C)c2ccc(F)cc2)no1. The topological polar surface area (TPSA) is 64.9 Å². The summed E-state index contributed by atoms with van der Waals surface area (Å²) in [5, 5.41) is 4.03. The molecule has 0 saturated heterocycles. The van der Waals surface area contributed by atoms with Gasteiger partial charge in [-0.05, 0) is 38.0 Å². The lowest BCUT2D eigenvalue weighted by atomic mass is 9.84. The first-order valence-electron chi connectivity index (χ1n) is 6.81. The molecule has 2 rings (SSSR count). The molecular formula is C15H20FN3O. The molecule has 0 fully saturated rings. The van der Waals surface area contributed by atoms with Crippen LogP contribution in [0.2, 0.25) is 0 Å². The van der Waals surface area contributed by atoms with E-state index < -0.39 is 5.41 Å². The minimum atomic E-state index is -0.457. The van der Waals surface area contributed by atoms with Gasteiger partial charge in [-0.2, -0.15) is 4.98 Å². The van der Waals surface area contributed by atoms with Gasteiger partial charge in [-0.25, -0.2) is 4.39 Å². The Morgan fingerprint density at radius 1 is 1.30 bits per heavy atom. The maximum Gasteiger partial charge on any atom is 0.243 e. The van der Waals surface area contributed by atoms with E-state index in [1.807, 2.05) is 13.8 Å². The highest BCUT2D eigenvalue weighted by atomic mass is 19.1. The third-order valence-corrected chi connectivity index (χ3v) is 3.48. The minimum Gasteiger partial charge on any atom is -0.338 e. The third-order valence-electron chi connectivity index (χ3n) is 3.48. The van der Waals surface area contributed by atoms with Crippen molar-refractivity contribution in [3.8, 4) is 0 Å². The molecule has 0 aliphatic rings. The number of nitrogens with two attached hydrogens (primary N) is 1. The summed E-state index contributed by atoms with van der Waals surface area (Å²) in [4.78, 5) is 4.40. The summed E-state index contributed by atoms with van der Waals surface area (Å²) >= 11 is 0. The van der Waals surface area contributed by atoms with Crippen molar-refractivity contribution in [3.63, 3.8) is 0 Å². The average molecular weight is 277 g/mol. The first-order valence-corrected chi connectivity index (χ1v) is 6.81. The molecule has 0 aliphatic heterocycles. The van der Waals surface area contributed by atoms with E-state index >= 15 is 0 Å². The van der Waals surface area contributed by atoms with Crippen molar-refractivity contribution >= 4 is 0 Å². The van der Waals surface area contributed by atoms with Crippen molar-refractivity contribution < 1.29 is 8.91 Å². The minimum absolute atomic E-state index is 0.231. The van der Waals surface area contributed by atoms with Crippen molar-refractivity contribution in [3.05, 3.63) is 47.4 Å². The zero-order valence-electron chi connectivity index (χ0n) is 12.1. The van der Waals surface area contributed by atoms with Crippen LogP contribution in [0.25, 0.3) is 0 Å². The Hall–Kier alpha value is -1.75. The summed E-state index contributed by atoms with van der Waals surface area (Å²) in [5.74, 6) is 0.756. The Kier molecular flexibility index (Phi) is 4.18. The molecule has 0 radical (unpaired) electrons. The second-order valence-corrected chi connectivity index (χ2v) is 5.48. The molecule has 0 amide bonds. The average Bonchev–Trinajstić information content (AvgIpc) is 2.90. The normalized spacial score (nSPS) is 13.4. The number of benzene rings is 1. The molecule has 4 nitrogen and oxygen atoms in total. The number of aromatic nitrogens is 2. The van der Waals surface area contributed by atoms with Crippen LogP contribution < -0.4 is 5.73 Å². The molecule has 0 bridgehead atoms. The van der Waals surface area contributed by atoms with Gasteiger partial charge < -0.3 is 10.3 Å². The number of nitrogens with zero attached hydrogens (tertiary/aromatic N) is 2. The molecule has 1 atom stereocenters. The molecule has 0 spiro atoms. The smallest absolute Gasteiger partial charge is 0.243 e. The molecule has 2 aromatic rings. The Bertz CT molecular complexity index is 563. The van der Waals surface area contributed by atoms with E-state index in [4.69, 9.17) is 10.3 Å². The van der Waals surface area contributed by atoms with Crippen LogP contribution in [0.4, 0.5) is 4.39 Å². The first-order chi connectivity index (χ1) is 9.45. The monoisotopic (exact) mass is 277 g/mol. The first kappa shape index (κ1) is 14.7. The van der Waals surface area contributed by atoms with Crippen LogP contribution in [0.15, 0.2) is 28.8 Å². The van der Waals surface area contributed by atoms with Gasteiger partial charge in [0.15, 0.2) is 5.82 Å². The molecule has 1 unspecified atom stereocenters. The lowest BCUT2D eigenvalue weighted by molar-refractivity contribution is 0.340. The van der Waals surface area contributed by atoms with E-state index in [0.29, 0.717) is 11.7 Å². The number of hydrogen-bond acceptors (Lipinski definition) is 4. The fourth-order valence-electron chi connectivity index (χ4n) is 2.07. The molecule has 0 saturated carbocycles. The number of hydrogen-bond donors (Lipinski definition) is 1. The lowest BCUT2D eigenvalue weighted by Crippen LogP contribution is -2.21. The van der Waals surface area contributed by atoms with Crippen LogP contribution >= 0.6 is 0 Å². The zero-order chi connectivity index (χ0) is 14.8. The van der Waals surface area contributed by atoms with E-state index in [2.05, 4.69) is 17.1 Å². The molecule has 1 aromatic carbocycles.